The van der Waals surface area contributed by atoms with E-state index in [2.05, 4.69) is 0 Å². The minimum absolute atomic E-state index is 0.105. The van der Waals surface area contributed by atoms with Gasteiger partial charge in [0.2, 0.25) is 0 Å². The molecule has 0 aliphatic carbocycles. The van der Waals surface area contributed by atoms with E-state index in [0.717, 1.165) is 16.1 Å². The van der Waals surface area contributed by atoms with Crippen molar-refractivity contribution in [2.75, 3.05) is 13.7 Å². The number of aromatic nitrogens is 1. The number of nitrogens with zero attached hydrogens (tertiary/aromatic N) is 2. The van der Waals surface area contributed by atoms with Crippen molar-refractivity contribution in [2.45, 2.75) is 18.9 Å². The van der Waals surface area contributed by atoms with E-state index in [1.165, 1.54) is 20.2 Å². The van der Waals surface area contributed by atoms with Crippen molar-refractivity contribution >= 4 is 11.9 Å². The number of benzene rings is 2. The number of carbonyl (C=O) groups is 2. The molecule has 0 fully saturated rings. The summed E-state index contributed by atoms with van der Waals surface area (Å²) in [6.45, 7) is 1.75. The van der Waals surface area contributed by atoms with Crippen molar-refractivity contribution in [1.29, 1.82) is 0 Å². The second-order valence-corrected chi connectivity index (χ2v) is 7.57. The van der Waals surface area contributed by atoms with Gasteiger partial charge in [-0.15, -0.1) is 0 Å². The van der Waals surface area contributed by atoms with Crippen molar-refractivity contribution in [1.82, 2.24) is 9.58 Å². The summed E-state index contributed by atoms with van der Waals surface area (Å²) in [7, 11) is 1.22. The van der Waals surface area contributed by atoms with Crippen LogP contribution in [0.15, 0.2) is 71.7 Å². The molecule has 0 bridgehead atoms. The molecule has 2 aromatic carbocycles. The Balaban J connectivity index is 1.99. The Hall–Kier alpha value is -3.71. The Labute approximate surface area is 179 Å². The highest BCUT2D eigenvalue weighted by molar-refractivity contribution is 5.96. The molecule has 7 heteroatoms. The van der Waals surface area contributed by atoms with E-state index in [1.54, 1.807) is 4.57 Å². The molecule has 1 aliphatic heterocycles. The first kappa shape index (κ1) is 20.6. The zero-order valence-electron chi connectivity index (χ0n) is 17.3. The second-order valence-electron chi connectivity index (χ2n) is 7.57. The van der Waals surface area contributed by atoms with Gasteiger partial charge < -0.3 is 9.30 Å². The SMILES string of the molecule is COC(=O)c1cn2c(c(C)c1=O)C(=O)N(N)C[C@@H]2C(c1ccccc1)c1ccccc1. The summed E-state index contributed by atoms with van der Waals surface area (Å²) in [6, 6.07) is 19.4. The van der Waals surface area contributed by atoms with E-state index in [-0.39, 0.29) is 35.3 Å². The van der Waals surface area contributed by atoms with E-state index in [4.69, 9.17) is 10.6 Å². The molecule has 31 heavy (non-hydrogen) atoms. The summed E-state index contributed by atoms with van der Waals surface area (Å²) in [5.41, 5.74) is 1.79. The highest BCUT2D eigenvalue weighted by Gasteiger charge is 2.38. The molecule has 158 valence electrons. The van der Waals surface area contributed by atoms with Gasteiger partial charge in [-0.3, -0.25) is 14.6 Å². The van der Waals surface area contributed by atoms with Gasteiger partial charge in [0.05, 0.1) is 19.7 Å². The molecule has 2 N–H and O–H groups in total. The van der Waals surface area contributed by atoms with Crippen molar-refractivity contribution in [3.05, 3.63) is 105 Å². The standard InChI is InChI=1S/C24H23N3O4/c1-15-21-23(29)27(25)14-19(26(21)13-18(22(15)28)24(30)31-2)20(16-9-5-3-6-10-16)17-11-7-4-8-12-17/h3-13,19-20H,14,25H2,1-2H3/t19-/m1/s1. The predicted octanol–water partition coefficient (Wildman–Crippen LogP) is 2.65. The zero-order chi connectivity index (χ0) is 22.1. The number of nitrogens with two attached hydrogens (primary N) is 1. The van der Waals surface area contributed by atoms with E-state index < -0.39 is 17.3 Å². The fourth-order valence-electron chi connectivity index (χ4n) is 4.29. The average molecular weight is 417 g/mol. The average Bonchev–Trinajstić information content (AvgIpc) is 2.80. The third-order valence-electron chi connectivity index (χ3n) is 5.78. The number of hydrazine groups is 1. The monoisotopic (exact) mass is 417 g/mol. The van der Waals surface area contributed by atoms with E-state index in [9.17, 15) is 14.4 Å². The smallest absolute Gasteiger partial charge is 0.343 e. The molecule has 4 rings (SSSR count). The molecule has 1 aliphatic rings. The summed E-state index contributed by atoms with van der Waals surface area (Å²) in [4.78, 5) is 38.0. The molecule has 1 atom stereocenters. The van der Waals surface area contributed by atoms with E-state index in [0.29, 0.717) is 0 Å². The number of amides is 1. The Morgan fingerprint density at radius 2 is 1.58 bits per heavy atom. The van der Waals surface area contributed by atoms with Crippen LogP contribution < -0.4 is 11.3 Å². The minimum Gasteiger partial charge on any atom is -0.465 e. The van der Waals surface area contributed by atoms with Crippen LogP contribution in [0.1, 0.15) is 49.5 Å². The lowest BCUT2D eigenvalue weighted by molar-refractivity contribution is 0.0588. The molecule has 0 radical (unpaired) electrons. The predicted molar refractivity (Wildman–Crippen MR) is 116 cm³/mol. The topological polar surface area (TPSA) is 94.6 Å². The second kappa shape index (κ2) is 8.20. The number of esters is 1. The summed E-state index contributed by atoms with van der Waals surface area (Å²) in [5, 5.41) is 1.14. The molecular weight excluding hydrogens is 394 g/mol. The van der Waals surface area contributed by atoms with Gasteiger partial charge in [0.15, 0.2) is 5.43 Å². The van der Waals surface area contributed by atoms with Crippen LogP contribution in [-0.2, 0) is 4.74 Å². The number of hydrogen-bond donors (Lipinski definition) is 1. The molecule has 0 saturated carbocycles. The van der Waals surface area contributed by atoms with Crippen molar-refractivity contribution < 1.29 is 14.3 Å². The first-order valence-corrected chi connectivity index (χ1v) is 9.94. The lowest BCUT2D eigenvalue weighted by Gasteiger charge is -2.39. The van der Waals surface area contributed by atoms with E-state index in [1.807, 2.05) is 60.7 Å². The van der Waals surface area contributed by atoms with Gasteiger partial charge >= 0.3 is 5.97 Å². The molecule has 3 aromatic rings. The molecule has 0 unspecified atom stereocenters. The number of carbonyl (C=O) groups excluding carboxylic acids is 2. The lowest BCUT2D eigenvalue weighted by Crippen LogP contribution is -2.50. The molecule has 7 nitrogen and oxygen atoms in total. The summed E-state index contributed by atoms with van der Waals surface area (Å²) in [6.07, 6.45) is 1.44. The Morgan fingerprint density at radius 3 is 2.10 bits per heavy atom. The lowest BCUT2D eigenvalue weighted by atomic mass is 9.83. The van der Waals surface area contributed by atoms with Gasteiger partial charge in [0.1, 0.15) is 11.3 Å². The largest absolute Gasteiger partial charge is 0.465 e. The first-order valence-electron chi connectivity index (χ1n) is 9.94. The summed E-state index contributed by atoms with van der Waals surface area (Å²) in [5.74, 6) is 4.73. The molecule has 2 heterocycles. The van der Waals surface area contributed by atoms with Crippen LogP contribution in [0.5, 0.6) is 0 Å². The van der Waals surface area contributed by atoms with Crippen LogP contribution in [0, 0.1) is 6.92 Å². The van der Waals surface area contributed by atoms with Crippen LogP contribution >= 0.6 is 0 Å². The fourth-order valence-corrected chi connectivity index (χ4v) is 4.29. The number of fused-ring (bicyclic) bond motifs is 1. The van der Waals surface area contributed by atoms with Crippen LogP contribution in [0.4, 0.5) is 0 Å². The maximum Gasteiger partial charge on any atom is 0.343 e. The third kappa shape index (κ3) is 3.53. The van der Waals surface area contributed by atoms with Gasteiger partial charge in [-0.25, -0.2) is 10.6 Å². The van der Waals surface area contributed by atoms with Gasteiger partial charge in [-0.2, -0.15) is 0 Å². The number of rotatable bonds is 4. The Bertz CT molecular complexity index is 1150. The molecule has 1 amide bonds. The van der Waals surface area contributed by atoms with Gasteiger partial charge in [0.25, 0.3) is 5.91 Å². The Morgan fingerprint density at radius 1 is 1.03 bits per heavy atom. The third-order valence-corrected chi connectivity index (χ3v) is 5.78. The van der Waals surface area contributed by atoms with Gasteiger partial charge in [0, 0.05) is 17.7 Å². The van der Waals surface area contributed by atoms with Crippen LogP contribution in [0.2, 0.25) is 0 Å². The highest BCUT2D eigenvalue weighted by Crippen LogP contribution is 2.38. The maximum absolute atomic E-state index is 12.9. The van der Waals surface area contributed by atoms with E-state index >= 15 is 0 Å². The Kier molecular flexibility index (Phi) is 5.44. The number of ether oxygens (including phenoxy) is 1. The summed E-state index contributed by atoms with van der Waals surface area (Å²) < 4.78 is 6.53. The minimum atomic E-state index is -0.735. The number of hydrogen-bond acceptors (Lipinski definition) is 5. The van der Waals surface area contributed by atoms with Crippen LogP contribution in [0.3, 0.4) is 0 Å². The maximum atomic E-state index is 12.9. The molecule has 1 aromatic heterocycles. The zero-order valence-corrected chi connectivity index (χ0v) is 17.3. The number of methoxy groups -OCH3 is 1. The normalized spacial score (nSPS) is 15.7. The molecule has 0 saturated heterocycles. The first-order chi connectivity index (χ1) is 14.9. The molecule has 0 spiro atoms. The summed E-state index contributed by atoms with van der Waals surface area (Å²) >= 11 is 0. The van der Waals surface area contributed by atoms with Crippen molar-refractivity contribution in [3.8, 4) is 0 Å². The van der Waals surface area contributed by atoms with Crippen molar-refractivity contribution in [3.63, 3.8) is 0 Å². The molecular formula is C24H23N3O4. The quantitative estimate of drug-likeness (QED) is 0.400. The van der Waals surface area contributed by atoms with Crippen molar-refractivity contribution in [2.24, 2.45) is 5.84 Å². The van der Waals surface area contributed by atoms with Gasteiger partial charge in [-0.05, 0) is 18.1 Å². The van der Waals surface area contributed by atoms with Gasteiger partial charge in [-0.1, -0.05) is 60.7 Å². The van der Waals surface area contributed by atoms with Crippen LogP contribution in [0.25, 0.3) is 0 Å². The fraction of sp³-hybridized carbons (Fsp3) is 0.208. The highest BCUT2D eigenvalue weighted by atomic mass is 16.5. The number of pyridine rings is 1. The van der Waals surface area contributed by atoms with Crippen LogP contribution in [-0.4, -0.2) is 35.1 Å².